The van der Waals surface area contributed by atoms with Gasteiger partial charge in [-0.1, -0.05) is 18.0 Å². The van der Waals surface area contributed by atoms with E-state index in [1.165, 1.54) is 0 Å². The average molecular weight is 248 g/mol. The smallest absolute Gasteiger partial charge is 0.339 e. The number of carbonyl (C=O) groups is 1. The fourth-order valence-corrected chi connectivity index (χ4v) is 1.98. The minimum Gasteiger partial charge on any atom is -0.339 e. The third-order valence-electron chi connectivity index (χ3n) is 2.86. The minimum atomic E-state index is -4.63. The zero-order chi connectivity index (χ0) is 12.5. The number of halogens is 3. The Morgan fingerprint density at radius 3 is 2.53 bits per heavy atom. The predicted octanol–water partition coefficient (Wildman–Crippen LogP) is 2.39. The van der Waals surface area contributed by atoms with Gasteiger partial charge in [-0.05, 0) is 12.8 Å². The number of hydrogen-bond acceptors (Lipinski definition) is 4. The number of rotatable bonds is 3. The van der Waals surface area contributed by atoms with Gasteiger partial charge in [0, 0.05) is 5.92 Å². The topological polar surface area (TPSA) is 56.0 Å². The molecular formula is C10H11F3N2O2. The Labute approximate surface area is 95.2 Å². The maximum Gasteiger partial charge on any atom is 0.455 e. The molecule has 0 radical (unpaired) electrons. The molecule has 1 aromatic rings. The van der Waals surface area contributed by atoms with Crippen molar-refractivity contribution in [3.05, 3.63) is 11.7 Å². The molecule has 0 atom stereocenters. The SMILES string of the molecule is O=C(Cc1nc(C(F)(F)F)no1)C1CCCC1. The summed E-state index contributed by atoms with van der Waals surface area (Å²) >= 11 is 0. The van der Waals surface area contributed by atoms with Crippen molar-refractivity contribution in [2.24, 2.45) is 5.92 Å². The van der Waals surface area contributed by atoms with Crippen LogP contribution in [-0.2, 0) is 17.4 Å². The van der Waals surface area contributed by atoms with E-state index in [4.69, 9.17) is 0 Å². The lowest BCUT2D eigenvalue weighted by Crippen LogP contribution is -2.14. The van der Waals surface area contributed by atoms with Crippen LogP contribution in [0.15, 0.2) is 4.52 Å². The molecule has 0 bridgehead atoms. The third-order valence-corrected chi connectivity index (χ3v) is 2.86. The lowest BCUT2D eigenvalue weighted by atomic mass is 10.0. The van der Waals surface area contributed by atoms with Gasteiger partial charge in [0.2, 0.25) is 5.89 Å². The van der Waals surface area contributed by atoms with Gasteiger partial charge in [0.15, 0.2) is 0 Å². The lowest BCUT2D eigenvalue weighted by molar-refractivity contribution is -0.146. The molecule has 0 aliphatic heterocycles. The summed E-state index contributed by atoms with van der Waals surface area (Å²) in [6.45, 7) is 0. The quantitative estimate of drug-likeness (QED) is 0.824. The second-order valence-corrected chi connectivity index (χ2v) is 4.13. The summed E-state index contributed by atoms with van der Waals surface area (Å²) < 4.78 is 40.9. The van der Waals surface area contributed by atoms with Gasteiger partial charge in [-0.3, -0.25) is 4.79 Å². The molecule has 1 heterocycles. The number of carbonyl (C=O) groups excluding carboxylic acids is 1. The number of ketones is 1. The molecule has 17 heavy (non-hydrogen) atoms. The van der Waals surface area contributed by atoms with Crippen molar-refractivity contribution in [2.45, 2.75) is 38.3 Å². The van der Waals surface area contributed by atoms with E-state index in [0.717, 1.165) is 25.7 Å². The number of aromatic nitrogens is 2. The van der Waals surface area contributed by atoms with Crippen molar-refractivity contribution in [3.8, 4) is 0 Å². The molecule has 1 fully saturated rings. The molecule has 1 saturated carbocycles. The zero-order valence-electron chi connectivity index (χ0n) is 8.96. The first-order chi connectivity index (χ1) is 7.97. The molecule has 0 unspecified atom stereocenters. The van der Waals surface area contributed by atoms with Gasteiger partial charge in [0.05, 0.1) is 6.42 Å². The molecule has 0 amide bonds. The number of nitrogens with zero attached hydrogens (tertiary/aromatic N) is 2. The van der Waals surface area contributed by atoms with Crippen LogP contribution in [0.1, 0.15) is 37.4 Å². The predicted molar refractivity (Wildman–Crippen MR) is 50.0 cm³/mol. The second kappa shape index (κ2) is 4.46. The molecule has 0 saturated heterocycles. The number of hydrogen-bond donors (Lipinski definition) is 0. The van der Waals surface area contributed by atoms with Crippen LogP contribution < -0.4 is 0 Å². The Balaban J connectivity index is 1.99. The van der Waals surface area contributed by atoms with E-state index >= 15 is 0 Å². The summed E-state index contributed by atoms with van der Waals surface area (Å²) in [6, 6.07) is 0. The summed E-state index contributed by atoms with van der Waals surface area (Å²) in [5.41, 5.74) is 0. The van der Waals surface area contributed by atoms with Crippen molar-refractivity contribution in [1.29, 1.82) is 0 Å². The number of alkyl halides is 3. The van der Waals surface area contributed by atoms with E-state index in [2.05, 4.69) is 14.7 Å². The molecular weight excluding hydrogens is 237 g/mol. The van der Waals surface area contributed by atoms with Crippen molar-refractivity contribution in [2.75, 3.05) is 0 Å². The second-order valence-electron chi connectivity index (χ2n) is 4.13. The van der Waals surface area contributed by atoms with Gasteiger partial charge in [-0.2, -0.15) is 18.2 Å². The summed E-state index contributed by atoms with van der Waals surface area (Å²) in [5, 5.41) is 2.80. The molecule has 2 rings (SSSR count). The van der Waals surface area contributed by atoms with Gasteiger partial charge in [0.1, 0.15) is 5.78 Å². The Morgan fingerprint density at radius 2 is 2.00 bits per heavy atom. The van der Waals surface area contributed by atoms with Crippen LogP contribution in [-0.4, -0.2) is 15.9 Å². The number of Topliss-reactive ketones (excluding diaryl/α,β-unsaturated/α-hetero) is 1. The Hall–Kier alpha value is -1.40. The maximum atomic E-state index is 12.2. The first-order valence-corrected chi connectivity index (χ1v) is 5.39. The van der Waals surface area contributed by atoms with Crippen LogP contribution in [0.25, 0.3) is 0 Å². The van der Waals surface area contributed by atoms with Crippen LogP contribution in [0, 0.1) is 5.92 Å². The standard InChI is InChI=1S/C10H11F3N2O2/c11-10(12,13)9-14-8(17-15-9)5-7(16)6-3-1-2-4-6/h6H,1-5H2. The van der Waals surface area contributed by atoms with E-state index in [9.17, 15) is 18.0 Å². The highest BCUT2D eigenvalue weighted by Gasteiger charge is 2.37. The maximum absolute atomic E-state index is 12.2. The molecule has 0 aromatic carbocycles. The van der Waals surface area contributed by atoms with Crippen molar-refractivity contribution in [1.82, 2.24) is 10.1 Å². The highest BCUT2D eigenvalue weighted by molar-refractivity contribution is 5.82. The van der Waals surface area contributed by atoms with Crippen LogP contribution in [0.3, 0.4) is 0 Å². The minimum absolute atomic E-state index is 0.0590. The molecule has 1 aromatic heterocycles. The van der Waals surface area contributed by atoms with Crippen molar-refractivity contribution >= 4 is 5.78 Å². The summed E-state index contributed by atoms with van der Waals surface area (Å²) in [6.07, 6.45) is -1.23. The lowest BCUT2D eigenvalue weighted by Gasteiger charge is -2.04. The fourth-order valence-electron chi connectivity index (χ4n) is 1.98. The van der Waals surface area contributed by atoms with Crippen LogP contribution in [0.5, 0.6) is 0 Å². The highest BCUT2D eigenvalue weighted by atomic mass is 19.4. The Morgan fingerprint density at radius 1 is 1.35 bits per heavy atom. The molecule has 1 aliphatic carbocycles. The normalized spacial score (nSPS) is 17.6. The largest absolute Gasteiger partial charge is 0.455 e. The Bertz CT molecular complexity index is 408. The monoisotopic (exact) mass is 248 g/mol. The average Bonchev–Trinajstić information content (AvgIpc) is 2.85. The van der Waals surface area contributed by atoms with Crippen molar-refractivity contribution < 1.29 is 22.5 Å². The van der Waals surface area contributed by atoms with E-state index < -0.39 is 12.0 Å². The first-order valence-electron chi connectivity index (χ1n) is 5.39. The summed E-state index contributed by atoms with van der Waals surface area (Å²) in [4.78, 5) is 14.8. The van der Waals surface area contributed by atoms with E-state index in [1.807, 2.05) is 0 Å². The molecule has 4 nitrogen and oxygen atoms in total. The third kappa shape index (κ3) is 2.83. The van der Waals surface area contributed by atoms with Crippen LogP contribution in [0.4, 0.5) is 13.2 Å². The van der Waals surface area contributed by atoms with E-state index in [0.29, 0.717) is 0 Å². The molecule has 7 heteroatoms. The molecule has 0 spiro atoms. The summed E-state index contributed by atoms with van der Waals surface area (Å²) in [5.74, 6) is -1.75. The zero-order valence-corrected chi connectivity index (χ0v) is 8.96. The van der Waals surface area contributed by atoms with E-state index in [-0.39, 0.29) is 24.0 Å². The Kier molecular flexibility index (Phi) is 3.17. The molecule has 94 valence electrons. The van der Waals surface area contributed by atoms with Crippen LogP contribution >= 0.6 is 0 Å². The van der Waals surface area contributed by atoms with Crippen molar-refractivity contribution in [3.63, 3.8) is 0 Å². The molecule has 1 aliphatic rings. The van der Waals surface area contributed by atoms with Gasteiger partial charge >= 0.3 is 6.18 Å². The van der Waals surface area contributed by atoms with Gasteiger partial charge < -0.3 is 4.52 Å². The van der Waals surface area contributed by atoms with Gasteiger partial charge in [0.25, 0.3) is 5.82 Å². The van der Waals surface area contributed by atoms with Crippen LogP contribution in [0.2, 0.25) is 0 Å². The van der Waals surface area contributed by atoms with Gasteiger partial charge in [-0.25, -0.2) is 0 Å². The first kappa shape index (κ1) is 12.1. The highest BCUT2D eigenvalue weighted by Crippen LogP contribution is 2.28. The summed E-state index contributed by atoms with van der Waals surface area (Å²) in [7, 11) is 0. The fraction of sp³-hybridized carbons (Fsp3) is 0.700. The van der Waals surface area contributed by atoms with Gasteiger partial charge in [-0.15, -0.1) is 0 Å². The molecule has 0 N–H and O–H groups in total. The van der Waals surface area contributed by atoms with E-state index in [1.54, 1.807) is 0 Å².